The Hall–Kier alpha value is -1.26. The van der Waals surface area contributed by atoms with Gasteiger partial charge in [-0.1, -0.05) is 37.1 Å². The number of anilines is 1. The maximum Gasteiger partial charge on any atom is 0.319 e. The first kappa shape index (κ1) is 14.8. The number of hydrogen-bond donors (Lipinski definition) is 3. The molecule has 3 N–H and O–H groups in total. The largest absolute Gasteiger partial charge is 0.391 e. The summed E-state index contributed by atoms with van der Waals surface area (Å²) in [7, 11) is 0. The predicted octanol–water partition coefficient (Wildman–Crippen LogP) is 2.93. The highest BCUT2D eigenvalue weighted by molar-refractivity contribution is 6.33. The Kier molecular flexibility index (Phi) is 5.95. The molecular weight excluding hydrogens is 252 g/mol. The zero-order chi connectivity index (χ0) is 13.5. The van der Waals surface area contributed by atoms with Crippen LogP contribution in [-0.2, 0) is 0 Å². The zero-order valence-corrected chi connectivity index (χ0v) is 11.4. The summed E-state index contributed by atoms with van der Waals surface area (Å²) in [4.78, 5) is 11.6. The van der Waals surface area contributed by atoms with Crippen molar-refractivity contribution in [2.45, 2.75) is 32.8 Å². The van der Waals surface area contributed by atoms with Crippen molar-refractivity contribution in [3.05, 3.63) is 28.8 Å². The summed E-state index contributed by atoms with van der Waals surface area (Å²) < 4.78 is 0. The average Bonchev–Trinajstić information content (AvgIpc) is 2.32. The molecule has 1 rings (SSSR count). The average molecular weight is 271 g/mol. The van der Waals surface area contributed by atoms with Crippen LogP contribution in [0.25, 0.3) is 0 Å². The maximum absolute atomic E-state index is 11.6. The van der Waals surface area contributed by atoms with E-state index >= 15 is 0 Å². The summed E-state index contributed by atoms with van der Waals surface area (Å²) in [5, 5.41) is 15.3. The number of carbonyl (C=O) groups excluding carboxylic acids is 1. The van der Waals surface area contributed by atoms with Gasteiger partial charge in [-0.05, 0) is 25.0 Å². The molecule has 0 aromatic heterocycles. The third-order valence-electron chi connectivity index (χ3n) is 2.58. The lowest BCUT2D eigenvalue weighted by Crippen LogP contribution is -2.35. The van der Waals surface area contributed by atoms with Gasteiger partial charge in [-0.25, -0.2) is 4.79 Å². The molecule has 0 aliphatic heterocycles. The van der Waals surface area contributed by atoms with Crippen molar-refractivity contribution < 1.29 is 9.90 Å². The minimum Gasteiger partial charge on any atom is -0.391 e. The highest BCUT2D eigenvalue weighted by Gasteiger charge is 2.09. The lowest BCUT2D eigenvalue weighted by atomic mass is 10.2. The molecular formula is C13H19ClN2O2. The molecule has 0 spiro atoms. The second-order valence-electron chi connectivity index (χ2n) is 4.21. The van der Waals surface area contributed by atoms with E-state index in [0.29, 0.717) is 17.1 Å². The van der Waals surface area contributed by atoms with Crippen molar-refractivity contribution in [2.24, 2.45) is 0 Å². The Morgan fingerprint density at radius 2 is 2.22 bits per heavy atom. The lowest BCUT2D eigenvalue weighted by Gasteiger charge is -2.13. The van der Waals surface area contributed by atoms with Crippen LogP contribution in [-0.4, -0.2) is 23.8 Å². The molecule has 0 unspecified atom stereocenters. The lowest BCUT2D eigenvalue weighted by molar-refractivity contribution is 0.162. The van der Waals surface area contributed by atoms with E-state index in [4.69, 9.17) is 11.6 Å². The van der Waals surface area contributed by atoms with Gasteiger partial charge in [-0.2, -0.15) is 0 Å². The molecule has 0 saturated carbocycles. The van der Waals surface area contributed by atoms with Gasteiger partial charge in [-0.3, -0.25) is 0 Å². The molecule has 1 atom stereocenters. The Morgan fingerprint density at radius 3 is 2.83 bits per heavy atom. The molecule has 0 bridgehead atoms. The van der Waals surface area contributed by atoms with Gasteiger partial charge in [0.2, 0.25) is 0 Å². The molecule has 0 fully saturated rings. The molecule has 2 amide bonds. The van der Waals surface area contributed by atoms with E-state index in [1.165, 1.54) is 0 Å². The Bertz CT molecular complexity index is 390. The van der Waals surface area contributed by atoms with Gasteiger partial charge >= 0.3 is 6.03 Å². The zero-order valence-electron chi connectivity index (χ0n) is 10.7. The smallest absolute Gasteiger partial charge is 0.319 e. The van der Waals surface area contributed by atoms with Gasteiger partial charge in [0.05, 0.1) is 16.8 Å². The van der Waals surface area contributed by atoms with E-state index in [0.717, 1.165) is 12.0 Å². The van der Waals surface area contributed by atoms with Crippen LogP contribution in [0.5, 0.6) is 0 Å². The predicted molar refractivity (Wildman–Crippen MR) is 74.1 cm³/mol. The van der Waals surface area contributed by atoms with E-state index in [1.807, 2.05) is 26.0 Å². The maximum atomic E-state index is 11.6. The molecule has 1 aromatic rings. The molecule has 100 valence electrons. The van der Waals surface area contributed by atoms with Crippen LogP contribution in [0.2, 0.25) is 5.02 Å². The number of carbonyl (C=O) groups is 1. The number of aliphatic hydroxyl groups is 1. The minimum absolute atomic E-state index is 0.239. The quantitative estimate of drug-likeness (QED) is 0.770. The fourth-order valence-electron chi connectivity index (χ4n) is 1.59. The highest BCUT2D eigenvalue weighted by Crippen LogP contribution is 2.24. The van der Waals surface area contributed by atoms with Crippen molar-refractivity contribution >= 4 is 23.3 Å². The van der Waals surface area contributed by atoms with E-state index in [2.05, 4.69) is 10.6 Å². The van der Waals surface area contributed by atoms with Crippen LogP contribution in [0, 0.1) is 6.92 Å². The number of benzene rings is 1. The van der Waals surface area contributed by atoms with Crippen molar-refractivity contribution in [1.29, 1.82) is 0 Å². The Morgan fingerprint density at radius 1 is 1.50 bits per heavy atom. The third-order valence-corrected chi connectivity index (χ3v) is 2.90. The van der Waals surface area contributed by atoms with Gasteiger partial charge in [0, 0.05) is 6.54 Å². The van der Waals surface area contributed by atoms with Gasteiger partial charge in [0.15, 0.2) is 0 Å². The first-order valence-corrected chi connectivity index (χ1v) is 6.40. The van der Waals surface area contributed by atoms with Crippen molar-refractivity contribution in [2.75, 3.05) is 11.9 Å². The summed E-state index contributed by atoms with van der Waals surface area (Å²) in [6, 6.07) is 5.05. The van der Waals surface area contributed by atoms with Gasteiger partial charge in [0.25, 0.3) is 0 Å². The van der Waals surface area contributed by atoms with Crippen molar-refractivity contribution in [1.82, 2.24) is 5.32 Å². The highest BCUT2D eigenvalue weighted by atomic mass is 35.5. The number of hydrogen-bond acceptors (Lipinski definition) is 2. The molecule has 0 saturated heterocycles. The van der Waals surface area contributed by atoms with Gasteiger partial charge in [-0.15, -0.1) is 0 Å². The second kappa shape index (κ2) is 7.24. The van der Waals surface area contributed by atoms with E-state index in [-0.39, 0.29) is 12.6 Å². The van der Waals surface area contributed by atoms with Crippen LogP contribution in [0.3, 0.4) is 0 Å². The van der Waals surface area contributed by atoms with Crippen LogP contribution in [0.1, 0.15) is 25.3 Å². The first-order chi connectivity index (χ1) is 8.54. The molecule has 0 radical (unpaired) electrons. The number of para-hydroxylation sites is 1. The summed E-state index contributed by atoms with van der Waals surface area (Å²) in [6.45, 7) is 4.09. The van der Waals surface area contributed by atoms with Gasteiger partial charge in [0.1, 0.15) is 0 Å². The SMILES string of the molecule is CCC[C@H](O)CNC(=O)Nc1c(C)cccc1Cl. The topological polar surface area (TPSA) is 61.4 Å². The molecule has 1 aromatic carbocycles. The number of aliphatic hydroxyl groups excluding tert-OH is 1. The van der Waals surface area contributed by atoms with E-state index in [9.17, 15) is 9.90 Å². The summed E-state index contributed by atoms with van der Waals surface area (Å²) in [6.07, 6.45) is 1.05. The van der Waals surface area contributed by atoms with Gasteiger partial charge < -0.3 is 15.7 Å². The second-order valence-corrected chi connectivity index (χ2v) is 4.62. The molecule has 0 aliphatic rings. The number of amides is 2. The summed E-state index contributed by atoms with van der Waals surface area (Å²) in [5.41, 5.74) is 1.49. The molecule has 0 aliphatic carbocycles. The molecule has 18 heavy (non-hydrogen) atoms. The monoisotopic (exact) mass is 270 g/mol. The third kappa shape index (κ3) is 4.55. The number of halogens is 1. The van der Waals surface area contributed by atoms with Crippen LogP contribution in [0.4, 0.5) is 10.5 Å². The normalized spacial score (nSPS) is 12.0. The number of nitrogens with one attached hydrogen (secondary N) is 2. The molecule has 5 heteroatoms. The Balaban J connectivity index is 2.50. The van der Waals surface area contributed by atoms with Crippen molar-refractivity contribution in [3.8, 4) is 0 Å². The fourth-order valence-corrected chi connectivity index (χ4v) is 1.86. The number of aryl methyl sites for hydroxylation is 1. The summed E-state index contributed by atoms with van der Waals surface area (Å²) >= 11 is 5.99. The van der Waals surface area contributed by atoms with Crippen LogP contribution in [0.15, 0.2) is 18.2 Å². The number of rotatable bonds is 5. The standard InChI is InChI=1S/C13H19ClN2O2/c1-3-5-10(17)8-15-13(18)16-12-9(2)6-4-7-11(12)14/h4,6-7,10,17H,3,5,8H2,1-2H3,(H2,15,16,18)/t10-/m0/s1. The minimum atomic E-state index is -0.506. The number of urea groups is 1. The molecule has 0 heterocycles. The van der Waals surface area contributed by atoms with E-state index in [1.54, 1.807) is 6.07 Å². The first-order valence-electron chi connectivity index (χ1n) is 6.02. The van der Waals surface area contributed by atoms with Crippen LogP contribution < -0.4 is 10.6 Å². The summed E-state index contributed by atoms with van der Waals surface area (Å²) in [5.74, 6) is 0. The Labute approximate surface area is 112 Å². The molecule has 4 nitrogen and oxygen atoms in total. The van der Waals surface area contributed by atoms with E-state index < -0.39 is 6.10 Å². The van der Waals surface area contributed by atoms with Crippen molar-refractivity contribution in [3.63, 3.8) is 0 Å². The van der Waals surface area contributed by atoms with Crippen LogP contribution >= 0.6 is 11.6 Å². The fraction of sp³-hybridized carbons (Fsp3) is 0.462.